The molecular formula is C37H40GeIrN2OSi-2. The van der Waals surface area contributed by atoms with Gasteiger partial charge in [0.05, 0.1) is 8.07 Å². The predicted molar refractivity (Wildman–Crippen MR) is 184 cm³/mol. The number of furan rings is 1. The first-order valence-electron chi connectivity index (χ1n) is 15.0. The van der Waals surface area contributed by atoms with Crippen LogP contribution in [0.1, 0.15) is 26.7 Å². The van der Waals surface area contributed by atoms with Crippen molar-refractivity contribution < 1.29 is 25.9 Å². The summed E-state index contributed by atoms with van der Waals surface area (Å²) in [5, 5.41) is 3.61. The van der Waals surface area contributed by atoms with Crippen LogP contribution >= 0.6 is 0 Å². The van der Waals surface area contributed by atoms with E-state index < -0.39 is 27.2 Å². The van der Waals surface area contributed by atoms with Gasteiger partial charge in [0.15, 0.2) is 0 Å². The maximum atomic E-state index is 8.31. The van der Waals surface area contributed by atoms with E-state index in [2.05, 4.69) is 95.4 Å². The molecule has 0 bridgehead atoms. The van der Waals surface area contributed by atoms with Gasteiger partial charge >= 0.3 is 159 Å². The van der Waals surface area contributed by atoms with E-state index in [0.29, 0.717) is 0 Å². The smallest absolute Gasteiger partial charge is 0 e. The fraction of sp³-hybridized carbons (Fsp3) is 0.243. The number of fused-ring (bicyclic) bond motifs is 3. The normalized spacial score (nSPS) is 12.3. The Balaban J connectivity index is 0.000000223. The van der Waals surface area contributed by atoms with Gasteiger partial charge in [-0.3, -0.25) is 0 Å². The SMILES string of the molecule is C[Si](C)(C)c1ccc(-c2[c-]cccc2)nc1.[2H]C(C)(C)c1ccnc(-c2[c-]ccc3c2oc2c[c]([Ge]([CH3])([CH3])[CH3])ccc23)c1.[Ir]. The molecule has 223 valence electrons. The number of benzene rings is 3. The third kappa shape index (κ3) is 7.64. The zero-order valence-corrected chi connectivity index (χ0v) is 31.8. The van der Waals surface area contributed by atoms with Crippen LogP contribution in [0.15, 0.2) is 95.7 Å². The monoisotopic (exact) mass is 824 g/mol. The van der Waals surface area contributed by atoms with E-state index >= 15 is 0 Å². The van der Waals surface area contributed by atoms with Gasteiger partial charge in [0.25, 0.3) is 0 Å². The van der Waals surface area contributed by atoms with E-state index in [4.69, 9.17) is 5.79 Å². The Morgan fingerprint density at radius 2 is 1.63 bits per heavy atom. The Labute approximate surface area is 275 Å². The molecular weight excluding hydrogens is 781 g/mol. The standard InChI is InChI=1S/C23H24GeNO.C14H16NSi.Ir/c1-15(2)16-11-12-25-21(13-16)20-8-6-7-19-18-10-9-17(24(3,4)5)14-22(18)26-23(19)20;1-16(2,3)13-9-10-14(15-11-13)12-7-5-4-6-8-12;/h6-7,9-15H,1-5H3;4-7,9-11H,1-3H3;/q2*-1;/i15D;;. The van der Waals surface area contributed by atoms with Crippen molar-refractivity contribution in [2.24, 2.45) is 0 Å². The Morgan fingerprint density at radius 3 is 2.26 bits per heavy atom. The molecule has 6 heteroatoms. The number of pyridine rings is 2. The summed E-state index contributed by atoms with van der Waals surface area (Å²) in [7, 11) is -1.23. The van der Waals surface area contributed by atoms with Crippen molar-refractivity contribution in [3.8, 4) is 22.5 Å². The average Bonchev–Trinajstić information content (AvgIpc) is 3.35. The molecule has 3 heterocycles. The molecule has 1 radical (unpaired) electrons. The van der Waals surface area contributed by atoms with Crippen molar-refractivity contribution >= 4 is 52.9 Å². The minimum atomic E-state index is -1.92. The molecule has 6 aromatic rings. The summed E-state index contributed by atoms with van der Waals surface area (Å²) in [6, 6.07) is 33.3. The summed E-state index contributed by atoms with van der Waals surface area (Å²) in [5.74, 6) is 6.50. The number of hydrogen-bond donors (Lipinski definition) is 0. The van der Waals surface area contributed by atoms with E-state index in [9.17, 15) is 0 Å². The van der Waals surface area contributed by atoms with E-state index in [1.54, 1.807) is 6.20 Å². The summed E-state index contributed by atoms with van der Waals surface area (Å²) in [6.07, 6.45) is 3.78. The first kappa shape index (κ1) is 31.6. The van der Waals surface area contributed by atoms with Gasteiger partial charge in [-0.25, -0.2) is 0 Å². The van der Waals surface area contributed by atoms with E-state index in [1.807, 2.05) is 62.5 Å². The maximum absolute atomic E-state index is 8.31. The fourth-order valence-electron chi connectivity index (χ4n) is 4.83. The predicted octanol–water partition coefficient (Wildman–Crippen LogP) is 9.21. The fourth-order valence-corrected chi connectivity index (χ4v) is 8.27. The van der Waals surface area contributed by atoms with E-state index in [0.717, 1.165) is 50.0 Å². The first-order chi connectivity index (χ1) is 20.2. The Morgan fingerprint density at radius 1 is 0.837 bits per heavy atom. The quantitative estimate of drug-likeness (QED) is 0.129. The van der Waals surface area contributed by atoms with Crippen LogP contribution < -0.4 is 9.58 Å². The van der Waals surface area contributed by atoms with Gasteiger partial charge in [0.2, 0.25) is 0 Å². The molecule has 0 aliphatic heterocycles. The van der Waals surface area contributed by atoms with Crippen molar-refractivity contribution in [1.82, 2.24) is 9.97 Å². The summed E-state index contributed by atoms with van der Waals surface area (Å²) in [4.78, 5) is 9.05. The molecule has 0 atom stereocenters. The molecule has 6 rings (SSSR count). The van der Waals surface area contributed by atoms with Crippen LogP contribution in [0, 0.1) is 12.1 Å². The number of nitrogens with zero attached hydrogens (tertiary/aromatic N) is 2. The second-order valence-electron chi connectivity index (χ2n) is 13.0. The largest absolute Gasteiger partial charge is 0 e. The molecule has 0 amide bonds. The van der Waals surface area contributed by atoms with Crippen LogP contribution in [-0.4, -0.2) is 31.3 Å². The topological polar surface area (TPSA) is 38.9 Å². The Hall–Kier alpha value is -2.83. The van der Waals surface area contributed by atoms with Crippen LogP contribution in [0.5, 0.6) is 0 Å². The van der Waals surface area contributed by atoms with Gasteiger partial charge in [-0.05, 0) is 10.9 Å². The molecule has 0 aliphatic rings. The van der Waals surface area contributed by atoms with Crippen LogP contribution in [-0.2, 0) is 20.1 Å². The number of aromatic nitrogens is 2. The summed E-state index contributed by atoms with van der Waals surface area (Å²) < 4.78 is 16.1. The molecule has 3 aromatic heterocycles. The molecule has 0 fully saturated rings. The van der Waals surface area contributed by atoms with Crippen molar-refractivity contribution in [3.63, 3.8) is 0 Å². The molecule has 0 aliphatic carbocycles. The van der Waals surface area contributed by atoms with E-state index in [-0.39, 0.29) is 20.1 Å². The van der Waals surface area contributed by atoms with Gasteiger partial charge in [-0.2, -0.15) is 0 Å². The second-order valence-corrected chi connectivity index (χ2v) is 28.8. The number of hydrogen-bond acceptors (Lipinski definition) is 3. The summed E-state index contributed by atoms with van der Waals surface area (Å²) >= 11 is -1.92. The molecule has 0 saturated heterocycles. The minimum Gasteiger partial charge on any atom is 0 e. The van der Waals surface area contributed by atoms with Crippen molar-refractivity contribution in [1.29, 1.82) is 0 Å². The molecule has 0 saturated carbocycles. The molecule has 0 N–H and O–H groups in total. The van der Waals surface area contributed by atoms with Gasteiger partial charge < -0.3 is 4.98 Å². The summed E-state index contributed by atoms with van der Waals surface area (Å²) in [6.45, 7) is 10.8. The number of rotatable bonds is 5. The van der Waals surface area contributed by atoms with Crippen LogP contribution in [0.25, 0.3) is 44.5 Å². The first-order valence-corrected chi connectivity index (χ1v) is 25.3. The zero-order chi connectivity index (χ0) is 31.0. The minimum absolute atomic E-state index is 0. The third-order valence-electron chi connectivity index (χ3n) is 7.51. The zero-order valence-electron chi connectivity index (χ0n) is 27.3. The van der Waals surface area contributed by atoms with Crippen molar-refractivity contribution in [3.05, 3.63) is 109 Å². The van der Waals surface area contributed by atoms with E-state index in [1.165, 1.54) is 9.58 Å². The molecule has 3 aromatic carbocycles. The molecule has 0 unspecified atom stereocenters. The molecule has 0 spiro atoms. The average molecular weight is 823 g/mol. The van der Waals surface area contributed by atoms with Crippen molar-refractivity contribution in [2.45, 2.75) is 56.7 Å². The molecule has 3 nitrogen and oxygen atoms in total. The Bertz CT molecular complexity index is 1870. The van der Waals surface area contributed by atoms with Crippen molar-refractivity contribution in [2.75, 3.05) is 0 Å². The second kappa shape index (κ2) is 13.4. The van der Waals surface area contributed by atoms with Crippen LogP contribution in [0.4, 0.5) is 0 Å². The molecule has 43 heavy (non-hydrogen) atoms. The summed E-state index contributed by atoms with van der Waals surface area (Å²) in [5.41, 5.74) is 6.39. The van der Waals surface area contributed by atoms with Gasteiger partial charge in [-0.15, -0.1) is 35.9 Å². The van der Waals surface area contributed by atoms with Crippen LogP contribution in [0.2, 0.25) is 36.9 Å². The Kier molecular flexibility index (Phi) is 9.87. The van der Waals surface area contributed by atoms with Gasteiger partial charge in [-0.1, -0.05) is 31.8 Å². The van der Waals surface area contributed by atoms with Gasteiger partial charge in [0, 0.05) is 26.3 Å². The maximum Gasteiger partial charge on any atom is 0 e. The van der Waals surface area contributed by atoms with Gasteiger partial charge in [0.1, 0.15) is 0 Å². The third-order valence-corrected chi connectivity index (χ3v) is 13.8. The van der Waals surface area contributed by atoms with Crippen LogP contribution in [0.3, 0.4) is 0 Å².